The SMILES string of the molecule is CC1OCC1(O)CBr. The number of ether oxygens (including phenoxy) is 1. The van der Waals surface area contributed by atoms with E-state index in [4.69, 9.17) is 4.74 Å². The standard InChI is InChI=1S/C5H9BrO2/c1-4-5(7,2-6)3-8-4/h4,7H,2-3H2,1H3. The highest BCUT2D eigenvalue weighted by Crippen LogP contribution is 2.26. The Bertz CT molecular complexity index is 92.4. The molecule has 48 valence electrons. The van der Waals surface area contributed by atoms with Crippen LogP contribution in [0.4, 0.5) is 0 Å². The lowest BCUT2D eigenvalue weighted by atomic mass is 9.96. The predicted molar refractivity (Wildman–Crippen MR) is 34.2 cm³/mol. The van der Waals surface area contributed by atoms with Crippen molar-refractivity contribution in [2.24, 2.45) is 0 Å². The number of hydrogen-bond acceptors (Lipinski definition) is 2. The smallest absolute Gasteiger partial charge is 0.123 e. The van der Waals surface area contributed by atoms with Gasteiger partial charge in [-0.25, -0.2) is 0 Å². The van der Waals surface area contributed by atoms with Crippen molar-refractivity contribution >= 4 is 15.9 Å². The lowest BCUT2D eigenvalue weighted by molar-refractivity contribution is -0.215. The van der Waals surface area contributed by atoms with E-state index < -0.39 is 5.60 Å². The van der Waals surface area contributed by atoms with Crippen molar-refractivity contribution in [2.45, 2.75) is 18.6 Å². The Labute approximate surface area is 57.0 Å². The molecule has 3 heteroatoms. The summed E-state index contributed by atoms with van der Waals surface area (Å²) in [5.41, 5.74) is -0.583. The molecule has 0 saturated carbocycles. The zero-order valence-electron chi connectivity index (χ0n) is 4.72. The van der Waals surface area contributed by atoms with Crippen molar-refractivity contribution in [1.29, 1.82) is 0 Å². The Kier molecular flexibility index (Phi) is 1.61. The van der Waals surface area contributed by atoms with E-state index in [0.717, 1.165) is 0 Å². The van der Waals surface area contributed by atoms with E-state index in [0.29, 0.717) is 11.9 Å². The Hall–Kier alpha value is 0.400. The van der Waals surface area contributed by atoms with E-state index in [2.05, 4.69) is 15.9 Å². The summed E-state index contributed by atoms with van der Waals surface area (Å²) in [5, 5.41) is 9.93. The van der Waals surface area contributed by atoms with Gasteiger partial charge in [0.15, 0.2) is 0 Å². The van der Waals surface area contributed by atoms with Gasteiger partial charge < -0.3 is 9.84 Å². The normalized spacial score (nSPS) is 46.1. The molecule has 2 atom stereocenters. The summed E-state index contributed by atoms with van der Waals surface area (Å²) in [6.45, 7) is 2.34. The summed E-state index contributed by atoms with van der Waals surface area (Å²) < 4.78 is 4.96. The fraction of sp³-hybridized carbons (Fsp3) is 1.00. The lowest BCUT2D eigenvalue weighted by Gasteiger charge is -2.41. The molecule has 1 saturated heterocycles. The second kappa shape index (κ2) is 1.97. The first-order valence-corrected chi connectivity index (χ1v) is 3.71. The molecule has 1 heterocycles. The number of aliphatic hydroxyl groups is 1. The van der Waals surface area contributed by atoms with E-state index in [9.17, 15) is 5.11 Å². The maximum atomic E-state index is 9.32. The molecule has 0 aromatic carbocycles. The van der Waals surface area contributed by atoms with Crippen molar-refractivity contribution in [3.63, 3.8) is 0 Å². The first-order valence-electron chi connectivity index (χ1n) is 2.59. The van der Waals surface area contributed by atoms with E-state index in [-0.39, 0.29) is 6.10 Å². The van der Waals surface area contributed by atoms with Gasteiger partial charge in [-0.2, -0.15) is 0 Å². The Morgan fingerprint density at radius 3 is 2.62 bits per heavy atom. The van der Waals surface area contributed by atoms with Gasteiger partial charge >= 0.3 is 0 Å². The largest absolute Gasteiger partial charge is 0.384 e. The van der Waals surface area contributed by atoms with Crippen molar-refractivity contribution in [2.75, 3.05) is 11.9 Å². The van der Waals surface area contributed by atoms with Crippen LogP contribution < -0.4 is 0 Å². The van der Waals surface area contributed by atoms with Crippen LogP contribution in [0.3, 0.4) is 0 Å². The summed E-state index contributed by atoms with van der Waals surface area (Å²) in [6, 6.07) is 0. The van der Waals surface area contributed by atoms with Crippen molar-refractivity contribution in [1.82, 2.24) is 0 Å². The second-order valence-corrected chi connectivity index (χ2v) is 2.75. The number of rotatable bonds is 1. The van der Waals surface area contributed by atoms with E-state index in [1.807, 2.05) is 6.92 Å². The zero-order valence-corrected chi connectivity index (χ0v) is 6.31. The molecular formula is C5H9BrO2. The predicted octanol–water partition coefficient (Wildman–Crippen LogP) is 0.531. The van der Waals surface area contributed by atoms with Gasteiger partial charge in [-0.05, 0) is 6.92 Å². The molecule has 0 aliphatic carbocycles. The van der Waals surface area contributed by atoms with Gasteiger partial charge in [0, 0.05) is 5.33 Å². The van der Waals surface area contributed by atoms with Gasteiger partial charge in [0.2, 0.25) is 0 Å². The highest BCUT2D eigenvalue weighted by molar-refractivity contribution is 9.09. The van der Waals surface area contributed by atoms with Gasteiger partial charge in [-0.3, -0.25) is 0 Å². The van der Waals surface area contributed by atoms with Gasteiger partial charge in [0.1, 0.15) is 5.60 Å². The summed E-state index contributed by atoms with van der Waals surface area (Å²) in [7, 11) is 0. The van der Waals surface area contributed by atoms with Crippen molar-refractivity contribution in [3.05, 3.63) is 0 Å². The first kappa shape index (κ1) is 6.52. The second-order valence-electron chi connectivity index (χ2n) is 2.19. The highest BCUT2D eigenvalue weighted by atomic mass is 79.9. The molecule has 0 radical (unpaired) electrons. The fourth-order valence-electron chi connectivity index (χ4n) is 0.590. The topological polar surface area (TPSA) is 29.5 Å². The number of hydrogen-bond donors (Lipinski definition) is 1. The van der Waals surface area contributed by atoms with Crippen LogP contribution >= 0.6 is 15.9 Å². The minimum absolute atomic E-state index is 0.00174. The molecule has 0 aromatic rings. The van der Waals surface area contributed by atoms with Crippen LogP contribution in [0.2, 0.25) is 0 Å². The maximum absolute atomic E-state index is 9.32. The van der Waals surface area contributed by atoms with E-state index >= 15 is 0 Å². The van der Waals surface area contributed by atoms with Gasteiger partial charge in [0.25, 0.3) is 0 Å². The number of halogens is 1. The third kappa shape index (κ3) is 0.787. The minimum atomic E-state index is -0.583. The third-order valence-corrected chi connectivity index (χ3v) is 2.54. The molecule has 1 fully saturated rings. The van der Waals surface area contributed by atoms with Crippen LogP contribution in [0.5, 0.6) is 0 Å². The maximum Gasteiger partial charge on any atom is 0.123 e. The highest BCUT2D eigenvalue weighted by Gasteiger charge is 2.42. The molecule has 8 heavy (non-hydrogen) atoms. The molecule has 0 spiro atoms. The molecular weight excluding hydrogens is 172 g/mol. The summed E-state index contributed by atoms with van der Waals surface area (Å²) in [5.74, 6) is 0. The van der Waals surface area contributed by atoms with Crippen molar-refractivity contribution in [3.8, 4) is 0 Å². The molecule has 2 nitrogen and oxygen atoms in total. The average molecular weight is 181 g/mol. The van der Waals surface area contributed by atoms with Crippen LogP contribution in [-0.4, -0.2) is 28.7 Å². The van der Waals surface area contributed by atoms with Gasteiger partial charge in [0.05, 0.1) is 12.7 Å². The van der Waals surface area contributed by atoms with Crippen LogP contribution in [0, 0.1) is 0 Å². The Morgan fingerprint density at radius 1 is 2.00 bits per heavy atom. The number of alkyl halides is 1. The molecule has 2 unspecified atom stereocenters. The van der Waals surface area contributed by atoms with Gasteiger partial charge in [-0.1, -0.05) is 15.9 Å². The molecule has 0 amide bonds. The fourth-order valence-corrected chi connectivity index (χ4v) is 1.21. The molecule has 0 aromatic heterocycles. The monoisotopic (exact) mass is 180 g/mol. The van der Waals surface area contributed by atoms with Crippen molar-refractivity contribution < 1.29 is 9.84 Å². The van der Waals surface area contributed by atoms with Crippen LogP contribution in [0.15, 0.2) is 0 Å². The molecule has 0 bridgehead atoms. The summed E-state index contributed by atoms with van der Waals surface area (Å²) >= 11 is 3.19. The van der Waals surface area contributed by atoms with Crippen LogP contribution in [0.1, 0.15) is 6.92 Å². The zero-order chi connectivity index (χ0) is 6.20. The molecule has 1 aliphatic heterocycles. The summed E-state index contributed by atoms with van der Waals surface area (Å²) in [4.78, 5) is 0. The minimum Gasteiger partial charge on any atom is -0.384 e. The molecule has 1 N–H and O–H groups in total. The molecule has 1 aliphatic rings. The first-order chi connectivity index (χ1) is 3.69. The summed E-state index contributed by atoms with van der Waals surface area (Å²) in [6.07, 6.45) is 0.00174. The van der Waals surface area contributed by atoms with Crippen LogP contribution in [-0.2, 0) is 4.74 Å². The Morgan fingerprint density at radius 2 is 2.62 bits per heavy atom. The third-order valence-electron chi connectivity index (χ3n) is 1.57. The quantitative estimate of drug-likeness (QED) is 0.598. The van der Waals surface area contributed by atoms with Crippen LogP contribution in [0.25, 0.3) is 0 Å². The average Bonchev–Trinajstić information content (AvgIpc) is 1.83. The lowest BCUT2D eigenvalue weighted by Crippen LogP contribution is -2.58. The van der Waals surface area contributed by atoms with Gasteiger partial charge in [-0.15, -0.1) is 0 Å². The Balaban J connectivity index is 2.42. The van der Waals surface area contributed by atoms with E-state index in [1.165, 1.54) is 0 Å². The molecule has 1 rings (SSSR count). The van der Waals surface area contributed by atoms with E-state index in [1.54, 1.807) is 0 Å².